The number of amides is 1. The fourth-order valence-corrected chi connectivity index (χ4v) is 3.52. The number of fused-ring (bicyclic) bond motifs is 1. The minimum absolute atomic E-state index is 0.0160. The second-order valence-corrected chi connectivity index (χ2v) is 8.31. The Kier molecular flexibility index (Phi) is 7.91. The molecular formula is C22H31ClN2O2. The average Bonchev–Trinajstić information content (AvgIpc) is 2.97. The van der Waals surface area contributed by atoms with Crippen molar-refractivity contribution in [2.24, 2.45) is 11.8 Å². The molecule has 2 rings (SSSR count). The van der Waals surface area contributed by atoms with Crippen LogP contribution in [0.1, 0.15) is 80.6 Å². The van der Waals surface area contributed by atoms with Gasteiger partial charge in [0.25, 0.3) is 5.91 Å². The Morgan fingerprint density at radius 3 is 2.59 bits per heavy atom. The summed E-state index contributed by atoms with van der Waals surface area (Å²) >= 11 is 6.08. The van der Waals surface area contributed by atoms with Crippen molar-refractivity contribution in [2.75, 3.05) is 6.54 Å². The second-order valence-electron chi connectivity index (χ2n) is 7.88. The van der Waals surface area contributed by atoms with Gasteiger partial charge in [-0.2, -0.15) is 0 Å². The molecule has 0 unspecified atom stereocenters. The summed E-state index contributed by atoms with van der Waals surface area (Å²) in [5.74, 6) is 0.752. The number of hydrogen-bond donors (Lipinski definition) is 2. The number of ketones is 1. The van der Waals surface area contributed by atoms with Gasteiger partial charge in [0.05, 0.1) is 5.56 Å². The Morgan fingerprint density at radius 1 is 1.19 bits per heavy atom. The van der Waals surface area contributed by atoms with Gasteiger partial charge in [0, 0.05) is 28.9 Å². The highest BCUT2D eigenvalue weighted by Crippen LogP contribution is 2.28. The zero-order chi connectivity index (χ0) is 20.0. The maximum Gasteiger partial charge on any atom is 0.268 e. The maximum absolute atomic E-state index is 13.1. The zero-order valence-electron chi connectivity index (χ0n) is 16.8. The van der Waals surface area contributed by atoms with Gasteiger partial charge in [0.1, 0.15) is 5.69 Å². The molecule has 1 aromatic heterocycles. The number of benzene rings is 1. The van der Waals surface area contributed by atoms with E-state index in [-0.39, 0.29) is 11.7 Å². The highest BCUT2D eigenvalue weighted by atomic mass is 35.5. The van der Waals surface area contributed by atoms with E-state index in [2.05, 4.69) is 31.1 Å². The lowest BCUT2D eigenvalue weighted by molar-refractivity contribution is 0.0921. The van der Waals surface area contributed by atoms with Crippen molar-refractivity contribution in [1.82, 2.24) is 10.3 Å². The van der Waals surface area contributed by atoms with Gasteiger partial charge in [-0.25, -0.2) is 0 Å². The molecule has 0 radical (unpaired) electrons. The first-order valence-electron chi connectivity index (χ1n) is 9.96. The van der Waals surface area contributed by atoms with Crippen LogP contribution in [0.25, 0.3) is 10.9 Å². The van der Waals surface area contributed by atoms with E-state index in [4.69, 9.17) is 11.6 Å². The summed E-state index contributed by atoms with van der Waals surface area (Å²) in [5.41, 5.74) is 1.56. The monoisotopic (exact) mass is 390 g/mol. The third kappa shape index (κ3) is 5.83. The van der Waals surface area contributed by atoms with Gasteiger partial charge in [-0.1, -0.05) is 64.6 Å². The summed E-state index contributed by atoms with van der Waals surface area (Å²) < 4.78 is 0. The minimum atomic E-state index is -0.236. The van der Waals surface area contributed by atoms with Crippen molar-refractivity contribution in [3.63, 3.8) is 0 Å². The third-order valence-electron chi connectivity index (χ3n) is 4.81. The van der Waals surface area contributed by atoms with Crippen molar-refractivity contribution >= 4 is 34.2 Å². The van der Waals surface area contributed by atoms with Gasteiger partial charge in [-0.05, 0) is 30.4 Å². The van der Waals surface area contributed by atoms with Crippen molar-refractivity contribution in [3.8, 4) is 0 Å². The summed E-state index contributed by atoms with van der Waals surface area (Å²) in [5, 5.41) is 4.20. The lowest BCUT2D eigenvalue weighted by Crippen LogP contribution is -2.26. The normalized spacial score (nSPS) is 12.5. The molecule has 1 aromatic carbocycles. The van der Waals surface area contributed by atoms with Crippen LogP contribution in [-0.4, -0.2) is 23.2 Å². The van der Waals surface area contributed by atoms with Crippen LogP contribution in [0.2, 0.25) is 5.02 Å². The van der Waals surface area contributed by atoms with E-state index in [1.807, 2.05) is 13.0 Å². The zero-order valence-corrected chi connectivity index (χ0v) is 17.6. The van der Waals surface area contributed by atoms with Crippen LogP contribution in [0, 0.1) is 11.8 Å². The Morgan fingerprint density at radius 2 is 1.93 bits per heavy atom. The predicted molar refractivity (Wildman–Crippen MR) is 113 cm³/mol. The Balaban J connectivity index is 2.25. The van der Waals surface area contributed by atoms with Crippen LogP contribution in [0.4, 0.5) is 0 Å². The van der Waals surface area contributed by atoms with Crippen LogP contribution in [-0.2, 0) is 0 Å². The molecule has 2 N–H and O–H groups in total. The van der Waals surface area contributed by atoms with Gasteiger partial charge < -0.3 is 10.3 Å². The summed E-state index contributed by atoms with van der Waals surface area (Å²) in [6.45, 7) is 9.12. The van der Waals surface area contributed by atoms with E-state index in [0.29, 0.717) is 41.1 Å². The highest BCUT2D eigenvalue weighted by Gasteiger charge is 2.24. The van der Waals surface area contributed by atoms with Crippen LogP contribution in [0.5, 0.6) is 0 Å². The number of carbonyl (C=O) groups excluding carboxylic acids is 2. The molecule has 0 aliphatic heterocycles. The summed E-state index contributed by atoms with van der Waals surface area (Å²) in [7, 11) is 0. The van der Waals surface area contributed by atoms with Crippen LogP contribution in [0.3, 0.4) is 0 Å². The number of rotatable bonds is 10. The Labute approximate surface area is 167 Å². The molecule has 0 saturated heterocycles. The standard InChI is InChI=1S/C22H31ClN2O2/c1-5-11-24-22(27)21-20(17-10-9-16(23)13-18(17)25-21)19(26)12-15(4)8-6-7-14(2)3/h9-10,13-15,25H,5-8,11-12H2,1-4H3,(H,24,27)/t15-/m1/s1. The second kappa shape index (κ2) is 9.93. The molecule has 0 aliphatic carbocycles. The summed E-state index contributed by atoms with van der Waals surface area (Å²) in [6.07, 6.45) is 4.61. The fraction of sp³-hybridized carbons (Fsp3) is 0.545. The predicted octanol–water partition coefficient (Wildman–Crippen LogP) is 6.00. The number of hydrogen-bond acceptors (Lipinski definition) is 2. The van der Waals surface area contributed by atoms with Gasteiger partial charge in [-0.3, -0.25) is 9.59 Å². The summed E-state index contributed by atoms with van der Waals surface area (Å²) in [6, 6.07) is 5.34. The average molecular weight is 391 g/mol. The number of carbonyl (C=O) groups is 2. The van der Waals surface area contributed by atoms with E-state index < -0.39 is 0 Å². The van der Waals surface area contributed by atoms with Crippen molar-refractivity contribution in [1.29, 1.82) is 0 Å². The van der Waals surface area contributed by atoms with Crippen molar-refractivity contribution in [3.05, 3.63) is 34.5 Å². The topological polar surface area (TPSA) is 62.0 Å². The number of aromatic nitrogens is 1. The van der Waals surface area contributed by atoms with E-state index >= 15 is 0 Å². The molecule has 1 heterocycles. The smallest absolute Gasteiger partial charge is 0.268 e. The minimum Gasteiger partial charge on any atom is -0.351 e. The number of Topliss-reactive ketones (excluding diaryl/α,β-unsaturated/α-hetero) is 1. The molecule has 5 heteroatoms. The van der Waals surface area contributed by atoms with Gasteiger partial charge >= 0.3 is 0 Å². The van der Waals surface area contributed by atoms with Crippen molar-refractivity contribution in [2.45, 2.75) is 59.8 Å². The van der Waals surface area contributed by atoms with Crippen LogP contribution < -0.4 is 5.32 Å². The molecule has 4 nitrogen and oxygen atoms in total. The third-order valence-corrected chi connectivity index (χ3v) is 5.05. The lowest BCUT2D eigenvalue weighted by atomic mass is 9.92. The molecule has 1 amide bonds. The van der Waals surface area contributed by atoms with Gasteiger partial charge in [0.2, 0.25) is 0 Å². The molecule has 2 aromatic rings. The quantitative estimate of drug-likeness (QED) is 0.489. The summed E-state index contributed by atoms with van der Waals surface area (Å²) in [4.78, 5) is 28.8. The molecule has 27 heavy (non-hydrogen) atoms. The molecule has 0 fully saturated rings. The number of H-pyrrole nitrogens is 1. The first-order valence-corrected chi connectivity index (χ1v) is 10.3. The first-order chi connectivity index (χ1) is 12.8. The lowest BCUT2D eigenvalue weighted by Gasteiger charge is -2.12. The van der Waals surface area contributed by atoms with E-state index in [9.17, 15) is 9.59 Å². The number of aromatic amines is 1. The van der Waals surface area contributed by atoms with Crippen LogP contribution >= 0.6 is 11.6 Å². The SMILES string of the molecule is CCCNC(=O)c1[nH]c2cc(Cl)ccc2c1C(=O)C[C@H](C)CCCC(C)C. The molecule has 0 aliphatic rings. The largest absolute Gasteiger partial charge is 0.351 e. The molecule has 1 atom stereocenters. The van der Waals surface area contributed by atoms with Crippen LogP contribution in [0.15, 0.2) is 18.2 Å². The molecule has 0 saturated carbocycles. The van der Waals surface area contributed by atoms with E-state index in [0.717, 1.165) is 30.2 Å². The Hall–Kier alpha value is -1.81. The highest BCUT2D eigenvalue weighted by molar-refractivity contribution is 6.31. The molecule has 148 valence electrons. The van der Waals surface area contributed by atoms with Crippen molar-refractivity contribution < 1.29 is 9.59 Å². The first kappa shape index (κ1) is 21.5. The number of halogens is 1. The molecule has 0 spiro atoms. The fourth-order valence-electron chi connectivity index (χ4n) is 3.35. The maximum atomic E-state index is 13.1. The molecule has 0 bridgehead atoms. The van der Waals surface area contributed by atoms with Gasteiger partial charge in [-0.15, -0.1) is 0 Å². The van der Waals surface area contributed by atoms with E-state index in [1.165, 1.54) is 6.42 Å². The molecular weight excluding hydrogens is 360 g/mol. The Bertz CT molecular complexity index is 795. The van der Waals surface area contributed by atoms with E-state index in [1.54, 1.807) is 12.1 Å². The number of nitrogens with one attached hydrogen (secondary N) is 2. The van der Waals surface area contributed by atoms with Gasteiger partial charge in [0.15, 0.2) is 5.78 Å².